The van der Waals surface area contributed by atoms with Crippen molar-refractivity contribution in [3.63, 3.8) is 0 Å². The van der Waals surface area contributed by atoms with Crippen LogP contribution in [0.1, 0.15) is 16.8 Å². The van der Waals surface area contributed by atoms with Gasteiger partial charge in [-0.2, -0.15) is 0 Å². The van der Waals surface area contributed by atoms with Gasteiger partial charge in [0, 0.05) is 26.7 Å². The number of fused-ring (bicyclic) bond motifs is 3. The van der Waals surface area contributed by atoms with Crippen molar-refractivity contribution in [2.75, 3.05) is 0 Å². The molecule has 0 radical (unpaired) electrons. The number of rotatable bonds is 3. The van der Waals surface area contributed by atoms with Crippen LogP contribution >= 0.6 is 15.9 Å². The van der Waals surface area contributed by atoms with E-state index in [9.17, 15) is 0 Å². The minimum Gasteiger partial charge on any atom is -0.488 e. The molecule has 4 heteroatoms. The summed E-state index contributed by atoms with van der Waals surface area (Å²) < 4.78 is 6.14. The van der Waals surface area contributed by atoms with Gasteiger partial charge in [-0.25, -0.2) is 4.98 Å². The van der Waals surface area contributed by atoms with Crippen molar-refractivity contribution < 1.29 is 4.74 Å². The van der Waals surface area contributed by atoms with Gasteiger partial charge in [0.15, 0.2) is 0 Å². The highest BCUT2D eigenvalue weighted by atomic mass is 79.9. The Morgan fingerprint density at radius 3 is 2.68 bits per heavy atom. The number of aromatic nitrogens is 2. The quantitative estimate of drug-likeness (QED) is 0.481. The van der Waals surface area contributed by atoms with Gasteiger partial charge in [0.05, 0.1) is 17.2 Å². The Bertz CT molecular complexity index is 1120. The van der Waals surface area contributed by atoms with Crippen molar-refractivity contribution in [2.24, 2.45) is 0 Å². The largest absolute Gasteiger partial charge is 0.488 e. The maximum Gasteiger partial charge on any atom is 0.129 e. The van der Waals surface area contributed by atoms with E-state index in [1.165, 1.54) is 0 Å². The third-order valence-electron chi connectivity index (χ3n) is 4.27. The Balaban J connectivity index is 1.86. The fraction of sp³-hybridized carbons (Fsp3) is 0.0952. The first-order chi connectivity index (χ1) is 12.3. The zero-order valence-corrected chi connectivity index (χ0v) is 15.2. The molecule has 4 rings (SSSR count). The smallest absolute Gasteiger partial charge is 0.129 e. The Morgan fingerprint density at radius 1 is 1.04 bits per heavy atom. The van der Waals surface area contributed by atoms with E-state index in [0.29, 0.717) is 6.61 Å². The van der Waals surface area contributed by atoms with Crippen LogP contribution in [-0.4, -0.2) is 9.97 Å². The second-order valence-electron chi connectivity index (χ2n) is 5.82. The van der Waals surface area contributed by atoms with Crippen LogP contribution in [0.25, 0.3) is 21.8 Å². The molecule has 4 aromatic rings. The van der Waals surface area contributed by atoms with Crippen LogP contribution in [0, 0.1) is 17.7 Å². The lowest BCUT2D eigenvalue weighted by molar-refractivity contribution is 0.310. The highest BCUT2D eigenvalue weighted by Gasteiger charge is 2.14. The number of H-pyrrole nitrogens is 1. The number of pyridine rings is 1. The second-order valence-corrected chi connectivity index (χ2v) is 6.21. The number of aromatic amines is 1. The van der Waals surface area contributed by atoms with Crippen LogP contribution in [-0.2, 0) is 6.61 Å². The lowest BCUT2D eigenvalue weighted by Crippen LogP contribution is -1.95. The molecular weight excluding hydrogens is 376 g/mol. The van der Waals surface area contributed by atoms with E-state index in [4.69, 9.17) is 4.74 Å². The molecule has 0 fully saturated rings. The number of nitrogens with zero attached hydrogens (tertiary/aromatic N) is 1. The van der Waals surface area contributed by atoms with E-state index in [1.807, 2.05) is 43.5 Å². The predicted octanol–water partition coefficient (Wildman–Crippen LogP) is 5.31. The summed E-state index contributed by atoms with van der Waals surface area (Å²) in [5.41, 5.74) is 4.98. The van der Waals surface area contributed by atoms with Crippen molar-refractivity contribution in [3.8, 4) is 16.5 Å². The summed E-state index contributed by atoms with van der Waals surface area (Å²) in [6.07, 6.45) is 1.83. The Labute approximate surface area is 154 Å². The third kappa shape index (κ3) is 2.88. The third-order valence-corrected chi connectivity index (χ3v) is 4.47. The fourth-order valence-corrected chi connectivity index (χ4v) is 3.28. The summed E-state index contributed by atoms with van der Waals surface area (Å²) in [7, 11) is 0. The molecule has 2 aromatic heterocycles. The standard InChI is InChI=1S/C21H15BrN2O/c1-14-16(10-11-22)23-12-18-20(14)21-17(24-18)8-5-9-19(21)25-13-15-6-3-2-4-7-15/h2-9,12,24H,13H2,1H3. The average Bonchev–Trinajstić information content (AvgIpc) is 3.03. The van der Waals surface area contributed by atoms with Crippen LogP contribution in [0.3, 0.4) is 0 Å². The van der Waals surface area contributed by atoms with Crippen molar-refractivity contribution in [1.29, 1.82) is 0 Å². The Morgan fingerprint density at radius 2 is 1.88 bits per heavy atom. The summed E-state index contributed by atoms with van der Waals surface area (Å²) in [4.78, 5) is 10.6. The maximum absolute atomic E-state index is 6.14. The molecule has 2 heterocycles. The van der Waals surface area contributed by atoms with Crippen molar-refractivity contribution in [3.05, 3.63) is 71.5 Å². The van der Waals surface area contributed by atoms with Crippen LogP contribution < -0.4 is 4.74 Å². The van der Waals surface area contributed by atoms with Gasteiger partial charge < -0.3 is 9.72 Å². The molecule has 1 N–H and O–H groups in total. The molecule has 0 spiro atoms. The van der Waals surface area contributed by atoms with Gasteiger partial charge in [-0.05, 0) is 40.9 Å². The highest BCUT2D eigenvalue weighted by Crippen LogP contribution is 2.35. The number of nitrogens with one attached hydrogen (secondary N) is 1. The van der Waals surface area contributed by atoms with Crippen molar-refractivity contribution in [2.45, 2.75) is 13.5 Å². The number of aryl methyl sites for hydroxylation is 1. The number of benzene rings is 2. The van der Waals surface area contributed by atoms with E-state index in [1.54, 1.807) is 0 Å². The van der Waals surface area contributed by atoms with Crippen molar-refractivity contribution in [1.82, 2.24) is 9.97 Å². The molecule has 0 amide bonds. The Hall–Kier alpha value is -2.77. The monoisotopic (exact) mass is 390 g/mol. The lowest BCUT2D eigenvalue weighted by Gasteiger charge is -2.09. The van der Waals surface area contributed by atoms with Crippen LogP contribution in [0.5, 0.6) is 5.75 Å². The van der Waals surface area contributed by atoms with Gasteiger partial charge >= 0.3 is 0 Å². The zero-order chi connectivity index (χ0) is 17.2. The summed E-state index contributed by atoms with van der Waals surface area (Å²) in [6, 6.07) is 16.2. The molecule has 0 aliphatic rings. The minimum absolute atomic E-state index is 0.533. The molecule has 2 aromatic carbocycles. The number of ether oxygens (including phenoxy) is 1. The van der Waals surface area contributed by atoms with E-state index in [-0.39, 0.29) is 0 Å². The topological polar surface area (TPSA) is 37.9 Å². The molecule has 25 heavy (non-hydrogen) atoms. The molecule has 0 saturated heterocycles. The van der Waals surface area contributed by atoms with E-state index in [2.05, 4.69) is 54.8 Å². The van der Waals surface area contributed by atoms with E-state index < -0.39 is 0 Å². The fourth-order valence-electron chi connectivity index (χ4n) is 3.09. The molecular formula is C21H15BrN2O. The lowest BCUT2D eigenvalue weighted by atomic mass is 10.1. The number of hydrogen-bond donors (Lipinski definition) is 1. The van der Waals surface area contributed by atoms with Gasteiger partial charge in [0.25, 0.3) is 0 Å². The van der Waals surface area contributed by atoms with Crippen LogP contribution in [0.15, 0.2) is 54.7 Å². The highest BCUT2D eigenvalue weighted by molar-refractivity contribution is 9.12. The van der Waals surface area contributed by atoms with Gasteiger partial charge in [-0.1, -0.05) is 36.4 Å². The normalized spacial score (nSPS) is 10.6. The average molecular weight is 391 g/mol. The van der Waals surface area contributed by atoms with Crippen LogP contribution in [0.4, 0.5) is 0 Å². The van der Waals surface area contributed by atoms with Gasteiger partial charge in [-0.15, -0.1) is 0 Å². The van der Waals surface area contributed by atoms with Crippen molar-refractivity contribution >= 4 is 37.7 Å². The summed E-state index contributed by atoms with van der Waals surface area (Å²) in [5, 5.41) is 2.19. The maximum atomic E-state index is 6.14. The molecule has 122 valence electrons. The molecule has 0 atom stereocenters. The summed E-state index contributed by atoms with van der Waals surface area (Å²) in [6.45, 7) is 2.58. The van der Waals surface area contributed by atoms with Gasteiger partial charge in [0.1, 0.15) is 18.1 Å². The molecule has 0 bridgehead atoms. The zero-order valence-electron chi connectivity index (χ0n) is 13.6. The Kier molecular flexibility index (Phi) is 4.17. The van der Waals surface area contributed by atoms with Gasteiger partial charge in [-0.3, -0.25) is 0 Å². The second kappa shape index (κ2) is 6.62. The first-order valence-corrected chi connectivity index (χ1v) is 8.75. The first kappa shape index (κ1) is 15.7. The molecule has 0 aliphatic heterocycles. The molecule has 0 unspecified atom stereocenters. The van der Waals surface area contributed by atoms with E-state index >= 15 is 0 Å². The number of halogens is 1. The SMILES string of the molecule is Cc1c(C#CBr)ncc2[nH]c3cccc(OCc4ccccc4)c3c12. The predicted molar refractivity (Wildman–Crippen MR) is 105 cm³/mol. The summed E-state index contributed by atoms with van der Waals surface area (Å²) >= 11 is 3.16. The first-order valence-electron chi connectivity index (χ1n) is 7.96. The van der Waals surface area contributed by atoms with Crippen LogP contribution in [0.2, 0.25) is 0 Å². The minimum atomic E-state index is 0.533. The molecule has 0 aliphatic carbocycles. The van der Waals surface area contributed by atoms with E-state index in [0.717, 1.165) is 44.4 Å². The summed E-state index contributed by atoms with van der Waals surface area (Å²) in [5.74, 6) is 3.86. The van der Waals surface area contributed by atoms with Gasteiger partial charge in [0.2, 0.25) is 0 Å². The molecule has 3 nitrogen and oxygen atoms in total. The number of hydrogen-bond acceptors (Lipinski definition) is 2. The molecule has 0 saturated carbocycles.